The smallest absolute Gasteiger partial charge is 0.222 e. The van der Waals surface area contributed by atoms with Gasteiger partial charge in [-0.15, -0.1) is 0 Å². The number of rotatable bonds is 7. The van der Waals surface area contributed by atoms with Crippen LogP contribution in [0.3, 0.4) is 0 Å². The van der Waals surface area contributed by atoms with Gasteiger partial charge in [-0.3, -0.25) is 9.79 Å². The Morgan fingerprint density at radius 3 is 2.54 bits per heavy atom. The Labute approximate surface area is 159 Å². The molecule has 3 unspecified atom stereocenters. The van der Waals surface area contributed by atoms with Gasteiger partial charge in [0.1, 0.15) is 0 Å². The molecule has 3 atom stereocenters. The number of guanidine groups is 1. The predicted molar refractivity (Wildman–Crippen MR) is 108 cm³/mol. The predicted octanol–water partition coefficient (Wildman–Crippen LogP) is 1.92. The highest BCUT2D eigenvalue weighted by Gasteiger charge is 2.25. The molecular formula is C20H39N5O. The molecule has 2 fully saturated rings. The van der Waals surface area contributed by atoms with Crippen LogP contribution in [0.25, 0.3) is 0 Å². The normalized spacial score (nSPS) is 27.6. The molecule has 2 saturated heterocycles. The summed E-state index contributed by atoms with van der Waals surface area (Å²) in [5.41, 5.74) is 0. The van der Waals surface area contributed by atoms with Crippen LogP contribution in [0.1, 0.15) is 53.4 Å². The fourth-order valence-corrected chi connectivity index (χ4v) is 4.30. The van der Waals surface area contributed by atoms with Gasteiger partial charge in [-0.1, -0.05) is 20.8 Å². The topological polar surface area (TPSA) is 60.0 Å². The van der Waals surface area contributed by atoms with Crippen molar-refractivity contribution in [1.82, 2.24) is 20.4 Å². The summed E-state index contributed by atoms with van der Waals surface area (Å²) in [7, 11) is 0. The third-order valence-corrected chi connectivity index (χ3v) is 5.38. The third-order valence-electron chi connectivity index (χ3n) is 5.38. The van der Waals surface area contributed by atoms with E-state index in [0.717, 1.165) is 63.4 Å². The molecule has 0 spiro atoms. The van der Waals surface area contributed by atoms with Crippen LogP contribution in [0.4, 0.5) is 0 Å². The molecule has 2 rings (SSSR count). The van der Waals surface area contributed by atoms with Crippen LogP contribution in [0, 0.1) is 11.8 Å². The Balaban J connectivity index is 1.73. The highest BCUT2D eigenvalue weighted by atomic mass is 16.2. The van der Waals surface area contributed by atoms with Crippen LogP contribution in [-0.4, -0.2) is 73.5 Å². The molecule has 150 valence electrons. The monoisotopic (exact) mass is 365 g/mol. The van der Waals surface area contributed by atoms with Crippen LogP contribution < -0.4 is 10.6 Å². The first-order valence-corrected chi connectivity index (χ1v) is 10.6. The highest BCUT2D eigenvalue weighted by Crippen LogP contribution is 2.20. The van der Waals surface area contributed by atoms with E-state index in [1.54, 1.807) is 0 Å². The third kappa shape index (κ3) is 6.78. The molecule has 1 amide bonds. The first kappa shape index (κ1) is 21.0. The van der Waals surface area contributed by atoms with Crippen molar-refractivity contribution in [3.05, 3.63) is 0 Å². The number of aliphatic imine (C=N–C) groups is 1. The number of likely N-dealkylation sites (tertiary alicyclic amines) is 2. The second kappa shape index (κ2) is 10.8. The van der Waals surface area contributed by atoms with Gasteiger partial charge in [-0.2, -0.15) is 0 Å². The Hall–Kier alpha value is -1.30. The fraction of sp³-hybridized carbons (Fsp3) is 0.900. The van der Waals surface area contributed by atoms with E-state index in [1.807, 2.05) is 11.8 Å². The minimum Gasteiger partial charge on any atom is -0.357 e. The van der Waals surface area contributed by atoms with Crippen LogP contribution in [0.2, 0.25) is 0 Å². The van der Waals surface area contributed by atoms with Crippen LogP contribution in [-0.2, 0) is 4.79 Å². The van der Waals surface area contributed by atoms with Gasteiger partial charge in [-0.05, 0) is 44.6 Å². The van der Waals surface area contributed by atoms with Gasteiger partial charge < -0.3 is 20.4 Å². The average molecular weight is 366 g/mol. The molecule has 0 aromatic heterocycles. The highest BCUT2D eigenvalue weighted by molar-refractivity contribution is 5.80. The number of hydrogen-bond acceptors (Lipinski definition) is 3. The summed E-state index contributed by atoms with van der Waals surface area (Å²) in [6.07, 6.45) is 4.05. The second-order valence-corrected chi connectivity index (χ2v) is 8.14. The number of carbonyl (C=O) groups excluding carboxylic acids is 1. The Morgan fingerprint density at radius 1 is 1.15 bits per heavy atom. The molecule has 0 aromatic rings. The molecular weight excluding hydrogens is 326 g/mol. The maximum Gasteiger partial charge on any atom is 0.222 e. The first-order chi connectivity index (χ1) is 12.5. The van der Waals surface area contributed by atoms with Crippen LogP contribution >= 0.6 is 0 Å². The standard InChI is InChI=1S/C20H39N5O/c1-5-19(26)25-11-8-18(15-25)23-20(21-6-2)22-9-7-10-24-13-16(3)12-17(4)14-24/h16-18H,5-15H2,1-4H3,(H2,21,22,23). The molecule has 0 bridgehead atoms. The minimum absolute atomic E-state index is 0.251. The summed E-state index contributed by atoms with van der Waals surface area (Å²) >= 11 is 0. The Bertz CT molecular complexity index is 457. The van der Waals surface area contributed by atoms with Gasteiger partial charge in [0, 0.05) is 51.7 Å². The van der Waals surface area contributed by atoms with Gasteiger partial charge in [0.2, 0.25) is 5.91 Å². The largest absolute Gasteiger partial charge is 0.357 e. The Kier molecular flexibility index (Phi) is 8.69. The van der Waals surface area contributed by atoms with E-state index in [1.165, 1.54) is 19.5 Å². The number of carbonyl (C=O) groups is 1. The summed E-state index contributed by atoms with van der Waals surface area (Å²) in [4.78, 5) is 21.1. The first-order valence-electron chi connectivity index (χ1n) is 10.6. The molecule has 0 aliphatic carbocycles. The van der Waals surface area contributed by atoms with E-state index in [0.29, 0.717) is 12.5 Å². The van der Waals surface area contributed by atoms with Crippen LogP contribution in [0.5, 0.6) is 0 Å². The van der Waals surface area contributed by atoms with E-state index in [2.05, 4.69) is 36.3 Å². The zero-order valence-corrected chi connectivity index (χ0v) is 17.3. The van der Waals surface area contributed by atoms with E-state index >= 15 is 0 Å². The van der Waals surface area contributed by atoms with E-state index in [9.17, 15) is 4.79 Å². The van der Waals surface area contributed by atoms with Crippen molar-refractivity contribution in [2.24, 2.45) is 16.8 Å². The molecule has 6 heteroatoms. The maximum atomic E-state index is 11.8. The summed E-state index contributed by atoms with van der Waals surface area (Å²) < 4.78 is 0. The SMILES string of the molecule is CCNC(=NCCCN1CC(C)CC(C)C1)NC1CCN(C(=O)CC)C1. The second-order valence-electron chi connectivity index (χ2n) is 8.14. The zero-order valence-electron chi connectivity index (χ0n) is 17.3. The van der Waals surface area contributed by atoms with E-state index in [4.69, 9.17) is 4.99 Å². The minimum atomic E-state index is 0.251. The number of hydrogen-bond donors (Lipinski definition) is 2. The fourth-order valence-electron chi connectivity index (χ4n) is 4.30. The molecule has 0 aromatic carbocycles. The van der Waals surface area contributed by atoms with E-state index in [-0.39, 0.29) is 5.91 Å². The lowest BCUT2D eigenvalue weighted by Gasteiger charge is -2.34. The molecule has 2 heterocycles. The molecule has 0 saturated carbocycles. The van der Waals surface area contributed by atoms with E-state index < -0.39 is 0 Å². The molecule has 2 aliphatic rings. The van der Waals surface area contributed by atoms with Crippen molar-refractivity contribution < 1.29 is 4.79 Å². The quantitative estimate of drug-likeness (QED) is 0.411. The van der Waals surface area contributed by atoms with Crippen molar-refractivity contribution in [3.8, 4) is 0 Å². The van der Waals surface area contributed by atoms with Gasteiger partial charge in [-0.25, -0.2) is 0 Å². The van der Waals surface area contributed by atoms with Crippen molar-refractivity contribution in [1.29, 1.82) is 0 Å². The van der Waals surface area contributed by atoms with Gasteiger partial charge >= 0.3 is 0 Å². The number of piperidine rings is 1. The molecule has 2 N–H and O–H groups in total. The number of amides is 1. The van der Waals surface area contributed by atoms with Crippen LogP contribution in [0.15, 0.2) is 4.99 Å². The summed E-state index contributed by atoms with van der Waals surface area (Å²) in [5, 5.41) is 6.85. The number of nitrogens with one attached hydrogen (secondary N) is 2. The van der Waals surface area contributed by atoms with Gasteiger partial charge in [0.15, 0.2) is 5.96 Å². The van der Waals surface area contributed by atoms with Gasteiger partial charge in [0.05, 0.1) is 0 Å². The molecule has 0 radical (unpaired) electrons. The van der Waals surface area contributed by atoms with Crippen molar-refractivity contribution in [2.75, 3.05) is 45.8 Å². The van der Waals surface area contributed by atoms with Crippen molar-refractivity contribution >= 4 is 11.9 Å². The summed E-state index contributed by atoms with van der Waals surface area (Å²) in [6.45, 7) is 15.7. The van der Waals surface area contributed by atoms with Crippen molar-refractivity contribution in [2.45, 2.75) is 59.4 Å². The van der Waals surface area contributed by atoms with Gasteiger partial charge in [0.25, 0.3) is 0 Å². The lowest BCUT2D eigenvalue weighted by molar-refractivity contribution is -0.129. The lowest BCUT2D eigenvalue weighted by atomic mass is 9.92. The maximum absolute atomic E-state index is 11.8. The average Bonchev–Trinajstić information content (AvgIpc) is 3.06. The summed E-state index contributed by atoms with van der Waals surface area (Å²) in [6, 6.07) is 0.312. The Morgan fingerprint density at radius 2 is 1.88 bits per heavy atom. The van der Waals surface area contributed by atoms with Crippen molar-refractivity contribution in [3.63, 3.8) is 0 Å². The zero-order chi connectivity index (χ0) is 18.9. The lowest BCUT2D eigenvalue weighted by Crippen LogP contribution is -2.45. The molecule has 2 aliphatic heterocycles. The molecule has 6 nitrogen and oxygen atoms in total. The number of nitrogens with zero attached hydrogens (tertiary/aromatic N) is 3. The summed E-state index contributed by atoms with van der Waals surface area (Å²) in [5.74, 6) is 2.78. The molecule has 26 heavy (non-hydrogen) atoms.